The van der Waals surface area contributed by atoms with Gasteiger partial charge in [-0.15, -0.1) is 11.3 Å². The lowest BCUT2D eigenvalue weighted by Gasteiger charge is -2.13. The van der Waals surface area contributed by atoms with E-state index in [-0.39, 0.29) is 5.82 Å². The molecule has 0 amide bonds. The molecule has 0 radical (unpaired) electrons. The molecule has 0 saturated heterocycles. The third-order valence-corrected chi connectivity index (χ3v) is 7.32. The van der Waals surface area contributed by atoms with Gasteiger partial charge in [-0.2, -0.15) is 0 Å². The molecule has 0 saturated carbocycles. The molecule has 4 aromatic carbocycles. The Morgan fingerprint density at radius 3 is 2.58 bits per heavy atom. The third-order valence-electron chi connectivity index (χ3n) is 6.14. The van der Waals surface area contributed by atoms with E-state index >= 15 is 0 Å². The van der Waals surface area contributed by atoms with Gasteiger partial charge in [-0.3, -0.25) is 9.55 Å². The molecular weight excluding hydrogens is 429 g/mol. The molecule has 33 heavy (non-hydrogen) atoms. The van der Waals surface area contributed by atoms with Crippen LogP contribution in [0.25, 0.3) is 59.2 Å². The van der Waals surface area contributed by atoms with E-state index < -0.39 is 0 Å². The molecule has 0 N–H and O–H groups in total. The maximum Gasteiger partial charge on any atom is 0.147 e. The summed E-state index contributed by atoms with van der Waals surface area (Å²) in [5.74, 6) is 0.581. The van der Waals surface area contributed by atoms with Crippen LogP contribution in [-0.2, 0) is 0 Å². The van der Waals surface area contributed by atoms with Crippen molar-refractivity contribution in [2.24, 2.45) is 0 Å². The Kier molecular flexibility index (Phi) is 3.89. The summed E-state index contributed by atoms with van der Waals surface area (Å²) >= 11 is 1.56. The Morgan fingerprint density at radius 2 is 1.61 bits per heavy atom. The molecule has 3 aromatic heterocycles. The first-order valence-corrected chi connectivity index (χ1v) is 11.5. The Bertz CT molecular complexity index is 1840. The topological polar surface area (TPSA) is 30.7 Å². The number of imidazole rings is 1. The molecule has 0 atom stereocenters. The zero-order valence-corrected chi connectivity index (χ0v) is 18.2. The van der Waals surface area contributed by atoms with Crippen LogP contribution in [0.4, 0.5) is 4.39 Å². The third kappa shape index (κ3) is 2.66. The first-order valence-electron chi connectivity index (χ1n) is 10.7. The van der Waals surface area contributed by atoms with E-state index in [9.17, 15) is 4.39 Å². The fourth-order valence-corrected chi connectivity index (χ4v) is 5.87. The Morgan fingerprint density at radius 1 is 0.788 bits per heavy atom. The van der Waals surface area contributed by atoms with Crippen LogP contribution < -0.4 is 0 Å². The van der Waals surface area contributed by atoms with Gasteiger partial charge in [0.2, 0.25) is 0 Å². The summed E-state index contributed by atoms with van der Waals surface area (Å²) < 4.78 is 18.8. The lowest BCUT2D eigenvalue weighted by molar-refractivity contribution is 0.640. The Labute approximate surface area is 192 Å². The Hall–Kier alpha value is -4.09. The summed E-state index contributed by atoms with van der Waals surface area (Å²) in [4.78, 5) is 9.61. The van der Waals surface area contributed by atoms with E-state index in [0.717, 1.165) is 42.9 Å². The van der Waals surface area contributed by atoms with Gasteiger partial charge in [0, 0.05) is 21.8 Å². The highest BCUT2D eigenvalue weighted by atomic mass is 32.1. The number of thiophene rings is 1. The Balaban J connectivity index is 1.63. The molecule has 0 bridgehead atoms. The second kappa shape index (κ2) is 6.95. The molecule has 0 unspecified atom stereocenters. The minimum absolute atomic E-state index is 0.244. The number of hydrogen-bond donors (Lipinski definition) is 0. The van der Waals surface area contributed by atoms with E-state index in [4.69, 9.17) is 4.98 Å². The number of aromatic nitrogens is 3. The second-order valence-electron chi connectivity index (χ2n) is 8.01. The van der Waals surface area contributed by atoms with E-state index in [1.54, 1.807) is 23.6 Å². The van der Waals surface area contributed by atoms with Crippen molar-refractivity contribution in [3.05, 3.63) is 103 Å². The minimum atomic E-state index is -0.244. The number of fused-ring (bicyclic) bond motifs is 5. The highest BCUT2D eigenvalue weighted by Crippen LogP contribution is 2.41. The number of halogens is 1. The van der Waals surface area contributed by atoms with E-state index in [1.165, 1.54) is 11.5 Å². The van der Waals surface area contributed by atoms with Gasteiger partial charge in [0.05, 0.1) is 32.3 Å². The van der Waals surface area contributed by atoms with Crippen LogP contribution in [0.1, 0.15) is 0 Å². The van der Waals surface area contributed by atoms with Crippen molar-refractivity contribution in [1.29, 1.82) is 0 Å². The van der Waals surface area contributed by atoms with Crippen molar-refractivity contribution in [2.45, 2.75) is 0 Å². The van der Waals surface area contributed by atoms with E-state index in [0.29, 0.717) is 10.9 Å². The smallest absolute Gasteiger partial charge is 0.147 e. The molecule has 0 aliphatic rings. The predicted molar refractivity (Wildman–Crippen MR) is 135 cm³/mol. The van der Waals surface area contributed by atoms with Gasteiger partial charge < -0.3 is 0 Å². The zero-order chi connectivity index (χ0) is 21.9. The number of pyridine rings is 1. The maximum absolute atomic E-state index is 14.7. The van der Waals surface area contributed by atoms with Crippen molar-refractivity contribution in [3.8, 4) is 17.1 Å². The summed E-state index contributed by atoms with van der Waals surface area (Å²) in [7, 11) is 0. The first-order chi connectivity index (χ1) is 16.3. The van der Waals surface area contributed by atoms with Crippen molar-refractivity contribution < 1.29 is 4.39 Å². The van der Waals surface area contributed by atoms with Gasteiger partial charge in [-0.25, -0.2) is 9.37 Å². The molecule has 5 heteroatoms. The van der Waals surface area contributed by atoms with Crippen LogP contribution in [0, 0.1) is 5.82 Å². The molecule has 0 fully saturated rings. The quantitative estimate of drug-likeness (QED) is 0.272. The highest BCUT2D eigenvalue weighted by Gasteiger charge is 2.20. The molecule has 0 aliphatic heterocycles. The summed E-state index contributed by atoms with van der Waals surface area (Å²) in [6.07, 6.45) is 1.75. The van der Waals surface area contributed by atoms with Crippen molar-refractivity contribution >= 4 is 53.4 Å². The van der Waals surface area contributed by atoms with Crippen LogP contribution in [0.15, 0.2) is 97.2 Å². The van der Waals surface area contributed by atoms with Crippen molar-refractivity contribution in [2.75, 3.05) is 0 Å². The average Bonchev–Trinajstić information content (AvgIpc) is 3.43. The molecular formula is C28H16FN3S. The number of para-hydroxylation sites is 2. The fraction of sp³-hybridized carbons (Fsp3) is 0. The summed E-state index contributed by atoms with van der Waals surface area (Å²) in [6, 6.07) is 30.0. The van der Waals surface area contributed by atoms with Crippen molar-refractivity contribution in [1.82, 2.24) is 14.5 Å². The summed E-state index contributed by atoms with van der Waals surface area (Å²) in [5.41, 5.74) is 4.64. The normalized spacial score (nSPS) is 11.8. The van der Waals surface area contributed by atoms with Gasteiger partial charge in [0.25, 0.3) is 0 Å². The lowest BCUT2D eigenvalue weighted by atomic mass is 10.1. The highest BCUT2D eigenvalue weighted by molar-refractivity contribution is 7.26. The molecule has 0 spiro atoms. The monoisotopic (exact) mass is 445 g/mol. The van der Waals surface area contributed by atoms with Crippen molar-refractivity contribution in [3.63, 3.8) is 0 Å². The van der Waals surface area contributed by atoms with Gasteiger partial charge in [0.15, 0.2) is 0 Å². The molecule has 0 aliphatic carbocycles. The number of benzene rings is 4. The summed E-state index contributed by atoms with van der Waals surface area (Å²) in [5, 5.41) is 2.90. The van der Waals surface area contributed by atoms with Crippen LogP contribution >= 0.6 is 11.3 Å². The second-order valence-corrected chi connectivity index (χ2v) is 9.06. The van der Waals surface area contributed by atoms with Gasteiger partial charge in [0.1, 0.15) is 11.6 Å². The first kappa shape index (κ1) is 18.5. The van der Waals surface area contributed by atoms with Crippen LogP contribution in [0.5, 0.6) is 0 Å². The molecule has 7 aromatic rings. The average molecular weight is 446 g/mol. The van der Waals surface area contributed by atoms with E-state index in [2.05, 4.69) is 58.1 Å². The molecule has 3 nitrogen and oxygen atoms in total. The zero-order valence-electron chi connectivity index (χ0n) is 17.4. The predicted octanol–water partition coefficient (Wildman–Crippen LogP) is 7.75. The maximum atomic E-state index is 14.7. The van der Waals surface area contributed by atoms with Crippen LogP contribution in [0.3, 0.4) is 0 Å². The molecule has 156 valence electrons. The van der Waals surface area contributed by atoms with Crippen LogP contribution in [0.2, 0.25) is 0 Å². The largest absolute Gasteiger partial charge is 0.292 e. The minimum Gasteiger partial charge on any atom is -0.292 e. The van der Waals surface area contributed by atoms with Gasteiger partial charge in [-0.05, 0) is 41.8 Å². The van der Waals surface area contributed by atoms with Crippen LogP contribution in [-0.4, -0.2) is 14.5 Å². The standard InChI is InChI=1S/C28H16FN3S/c29-20-10-6-14-24-25(20)26-27(33-24)19(15-16-30-26)28-31-21-11-3-4-12-23(21)32(28)22-13-5-8-17-7-1-2-9-18(17)22/h1-16H. The number of rotatable bonds is 2. The number of nitrogens with zero attached hydrogens (tertiary/aromatic N) is 3. The van der Waals surface area contributed by atoms with E-state index in [1.807, 2.05) is 30.3 Å². The summed E-state index contributed by atoms with van der Waals surface area (Å²) in [6.45, 7) is 0. The SMILES string of the molecule is Fc1cccc2sc3c(-c4nc5ccccc5n4-c4cccc5ccccc45)ccnc3c12. The fourth-order valence-electron chi connectivity index (χ4n) is 4.69. The van der Waals surface area contributed by atoms with Gasteiger partial charge >= 0.3 is 0 Å². The molecule has 7 rings (SSSR count). The lowest BCUT2D eigenvalue weighted by Crippen LogP contribution is -1.99. The van der Waals surface area contributed by atoms with Gasteiger partial charge in [-0.1, -0.05) is 54.6 Å². The molecule has 3 heterocycles. The number of hydrogen-bond acceptors (Lipinski definition) is 3.